The second kappa shape index (κ2) is 9.01. The fourth-order valence-electron chi connectivity index (χ4n) is 3.55. The molecule has 0 saturated heterocycles. The standard InChI is InChI=1S/C22H24N6O3S/c1-3-16-10-7-11-19(24-16)27-32(30,31)28-13-12-18-17(14-28)20(22(29)23-2)26-21(25-18)15-8-5-4-6-9-15/h4-11H,3,12-14H2,1-2H3,(H,23,29)(H,24,27). The van der Waals surface area contributed by atoms with Gasteiger partial charge in [-0.05, 0) is 18.6 Å². The van der Waals surface area contributed by atoms with Crippen LogP contribution in [0.2, 0.25) is 0 Å². The largest absolute Gasteiger partial charge is 0.354 e. The number of aryl methyl sites for hydroxylation is 1. The molecule has 166 valence electrons. The van der Waals surface area contributed by atoms with Crippen LogP contribution in [0.15, 0.2) is 48.5 Å². The molecule has 3 heterocycles. The predicted octanol–water partition coefficient (Wildman–Crippen LogP) is 2.18. The summed E-state index contributed by atoms with van der Waals surface area (Å²) in [6.45, 7) is 2.18. The van der Waals surface area contributed by atoms with E-state index in [0.717, 1.165) is 11.3 Å². The first-order valence-corrected chi connectivity index (χ1v) is 11.8. The molecule has 0 atom stereocenters. The SMILES string of the molecule is CCc1cccc(NS(=O)(=O)N2CCc3nc(-c4ccccc4)nc(C(=O)NC)c3C2)n1. The first-order valence-electron chi connectivity index (χ1n) is 10.3. The van der Waals surface area contributed by atoms with Crippen molar-refractivity contribution in [3.8, 4) is 11.4 Å². The van der Waals surface area contributed by atoms with Gasteiger partial charge in [0.15, 0.2) is 5.82 Å². The summed E-state index contributed by atoms with van der Waals surface area (Å²) in [6, 6.07) is 14.6. The number of fused-ring (bicyclic) bond motifs is 1. The summed E-state index contributed by atoms with van der Waals surface area (Å²) in [4.78, 5) is 26.0. The molecule has 32 heavy (non-hydrogen) atoms. The van der Waals surface area contributed by atoms with E-state index in [9.17, 15) is 13.2 Å². The Labute approximate surface area is 187 Å². The van der Waals surface area contributed by atoms with Crippen molar-refractivity contribution in [2.45, 2.75) is 26.3 Å². The van der Waals surface area contributed by atoms with Crippen molar-refractivity contribution in [2.75, 3.05) is 18.3 Å². The van der Waals surface area contributed by atoms with Crippen molar-refractivity contribution >= 4 is 21.9 Å². The van der Waals surface area contributed by atoms with Crippen LogP contribution in [0.3, 0.4) is 0 Å². The van der Waals surface area contributed by atoms with Gasteiger partial charge in [-0.2, -0.15) is 12.7 Å². The lowest BCUT2D eigenvalue weighted by molar-refractivity contribution is 0.0955. The molecule has 1 aliphatic heterocycles. The second-order valence-electron chi connectivity index (χ2n) is 7.32. The van der Waals surface area contributed by atoms with Crippen LogP contribution < -0.4 is 10.0 Å². The molecule has 0 fully saturated rings. The van der Waals surface area contributed by atoms with Gasteiger partial charge >= 0.3 is 10.2 Å². The molecule has 2 N–H and O–H groups in total. The van der Waals surface area contributed by atoms with Crippen LogP contribution in [0, 0.1) is 0 Å². The number of nitrogens with zero attached hydrogens (tertiary/aromatic N) is 4. The number of carbonyl (C=O) groups excluding carboxylic acids is 1. The molecule has 1 aromatic carbocycles. The Morgan fingerprint density at radius 1 is 1.06 bits per heavy atom. The van der Waals surface area contributed by atoms with E-state index < -0.39 is 10.2 Å². The van der Waals surface area contributed by atoms with Gasteiger partial charge in [0, 0.05) is 43.4 Å². The molecule has 1 amide bonds. The summed E-state index contributed by atoms with van der Waals surface area (Å²) in [5, 5.41) is 2.59. The summed E-state index contributed by atoms with van der Waals surface area (Å²) < 4.78 is 29.9. The number of hydrogen-bond donors (Lipinski definition) is 2. The van der Waals surface area contributed by atoms with Gasteiger partial charge < -0.3 is 5.32 Å². The van der Waals surface area contributed by atoms with Crippen LogP contribution in [0.5, 0.6) is 0 Å². The Balaban J connectivity index is 1.67. The normalized spacial score (nSPS) is 13.9. The van der Waals surface area contributed by atoms with E-state index in [1.54, 1.807) is 12.1 Å². The molecule has 0 saturated carbocycles. The van der Waals surface area contributed by atoms with Crippen LogP contribution in [0.25, 0.3) is 11.4 Å². The molecule has 1 aliphatic rings. The van der Waals surface area contributed by atoms with Crippen molar-refractivity contribution in [1.82, 2.24) is 24.6 Å². The number of benzene rings is 1. The fraction of sp³-hybridized carbons (Fsp3) is 0.273. The van der Waals surface area contributed by atoms with E-state index in [0.29, 0.717) is 29.9 Å². The average molecular weight is 453 g/mol. The highest BCUT2D eigenvalue weighted by Crippen LogP contribution is 2.26. The molecule has 0 radical (unpaired) electrons. The zero-order valence-corrected chi connectivity index (χ0v) is 18.7. The van der Waals surface area contributed by atoms with E-state index >= 15 is 0 Å². The average Bonchev–Trinajstić information content (AvgIpc) is 2.82. The van der Waals surface area contributed by atoms with Gasteiger partial charge in [-0.1, -0.05) is 43.3 Å². The topological polar surface area (TPSA) is 117 Å². The van der Waals surface area contributed by atoms with Crippen LogP contribution >= 0.6 is 0 Å². The molecule has 4 rings (SSSR count). The Morgan fingerprint density at radius 3 is 2.56 bits per heavy atom. The van der Waals surface area contributed by atoms with Crippen LogP contribution in [0.1, 0.15) is 34.4 Å². The van der Waals surface area contributed by atoms with Crippen LogP contribution in [0.4, 0.5) is 5.82 Å². The smallest absolute Gasteiger partial charge is 0.303 e. The number of anilines is 1. The van der Waals surface area contributed by atoms with E-state index in [1.807, 2.05) is 43.3 Å². The monoisotopic (exact) mass is 452 g/mol. The molecule has 0 spiro atoms. The third-order valence-corrected chi connectivity index (χ3v) is 6.70. The number of nitrogens with one attached hydrogen (secondary N) is 2. The molecule has 10 heteroatoms. The summed E-state index contributed by atoms with van der Waals surface area (Å²) in [5.41, 5.74) is 2.95. The summed E-state index contributed by atoms with van der Waals surface area (Å²) in [6.07, 6.45) is 1.06. The van der Waals surface area contributed by atoms with Gasteiger partial charge in [0.25, 0.3) is 5.91 Å². The van der Waals surface area contributed by atoms with Crippen molar-refractivity contribution in [2.24, 2.45) is 0 Å². The van der Waals surface area contributed by atoms with E-state index in [1.165, 1.54) is 11.4 Å². The zero-order chi connectivity index (χ0) is 22.7. The Bertz CT molecular complexity index is 1250. The van der Waals surface area contributed by atoms with E-state index in [2.05, 4.69) is 25.0 Å². The minimum atomic E-state index is -3.88. The zero-order valence-electron chi connectivity index (χ0n) is 17.9. The van der Waals surface area contributed by atoms with Gasteiger partial charge in [-0.3, -0.25) is 9.52 Å². The van der Waals surface area contributed by atoms with Crippen molar-refractivity contribution in [3.05, 3.63) is 71.2 Å². The predicted molar refractivity (Wildman–Crippen MR) is 121 cm³/mol. The van der Waals surface area contributed by atoms with Crippen molar-refractivity contribution < 1.29 is 13.2 Å². The maximum atomic E-state index is 13.0. The number of carbonyl (C=O) groups is 1. The molecule has 0 unspecified atom stereocenters. The Hall–Kier alpha value is -3.37. The lowest BCUT2D eigenvalue weighted by Crippen LogP contribution is -2.41. The van der Waals surface area contributed by atoms with Gasteiger partial charge in [0.2, 0.25) is 0 Å². The molecule has 3 aromatic rings. The first-order chi connectivity index (χ1) is 15.4. The summed E-state index contributed by atoms with van der Waals surface area (Å²) >= 11 is 0. The lowest BCUT2D eigenvalue weighted by atomic mass is 10.0. The number of pyridine rings is 1. The van der Waals surface area contributed by atoms with Crippen LogP contribution in [-0.2, 0) is 29.6 Å². The summed E-state index contributed by atoms with van der Waals surface area (Å²) in [5.74, 6) is 0.320. The quantitative estimate of drug-likeness (QED) is 0.592. The van der Waals surface area contributed by atoms with Gasteiger partial charge in [-0.15, -0.1) is 0 Å². The van der Waals surface area contributed by atoms with Crippen molar-refractivity contribution in [1.29, 1.82) is 0 Å². The fourth-order valence-corrected chi connectivity index (χ4v) is 4.68. The number of hydrogen-bond acceptors (Lipinski definition) is 6. The van der Waals surface area contributed by atoms with Gasteiger partial charge in [-0.25, -0.2) is 15.0 Å². The number of amides is 1. The van der Waals surface area contributed by atoms with E-state index in [-0.39, 0.29) is 30.5 Å². The molecule has 0 aliphatic carbocycles. The molecule has 0 bridgehead atoms. The highest BCUT2D eigenvalue weighted by Gasteiger charge is 2.32. The molecule has 9 nitrogen and oxygen atoms in total. The number of rotatable bonds is 6. The highest BCUT2D eigenvalue weighted by atomic mass is 32.2. The van der Waals surface area contributed by atoms with E-state index in [4.69, 9.17) is 0 Å². The molecular weight excluding hydrogens is 428 g/mol. The Kier molecular flexibility index (Phi) is 6.15. The maximum Gasteiger partial charge on any atom is 0.303 e. The Morgan fingerprint density at radius 2 is 1.84 bits per heavy atom. The molecular formula is C22H24N6O3S. The third kappa shape index (κ3) is 4.46. The van der Waals surface area contributed by atoms with Crippen molar-refractivity contribution in [3.63, 3.8) is 0 Å². The number of aromatic nitrogens is 3. The maximum absolute atomic E-state index is 13.0. The van der Waals surface area contributed by atoms with Gasteiger partial charge in [0.1, 0.15) is 11.5 Å². The molecule has 2 aromatic heterocycles. The van der Waals surface area contributed by atoms with Crippen LogP contribution in [-0.4, -0.2) is 47.2 Å². The minimum absolute atomic E-state index is 0.00401. The lowest BCUT2D eigenvalue weighted by Gasteiger charge is -2.28. The summed E-state index contributed by atoms with van der Waals surface area (Å²) in [7, 11) is -2.36. The first kappa shape index (κ1) is 21.8. The van der Waals surface area contributed by atoms with Gasteiger partial charge in [0.05, 0.1) is 5.69 Å². The minimum Gasteiger partial charge on any atom is -0.354 e. The third-order valence-electron chi connectivity index (χ3n) is 5.24. The second-order valence-corrected chi connectivity index (χ2v) is 9.00. The highest BCUT2D eigenvalue weighted by molar-refractivity contribution is 7.90.